The van der Waals surface area contributed by atoms with Gasteiger partial charge in [0.25, 0.3) is 6.02 Å². The number of carbonyl (C=O) groups is 1. The maximum Gasteiger partial charge on any atom is 0.422 e. The van der Waals surface area contributed by atoms with Gasteiger partial charge in [0.1, 0.15) is 22.9 Å². The van der Waals surface area contributed by atoms with Crippen LogP contribution in [0.2, 0.25) is 0 Å². The van der Waals surface area contributed by atoms with Crippen molar-refractivity contribution in [1.29, 1.82) is 0 Å². The third-order valence-electron chi connectivity index (χ3n) is 5.50. The second kappa shape index (κ2) is 10.1. The number of aliphatic imine (C=N–C) groups is 1. The van der Waals surface area contributed by atoms with Crippen molar-refractivity contribution in [3.05, 3.63) is 54.0 Å². The summed E-state index contributed by atoms with van der Waals surface area (Å²) < 4.78 is 108. The SMILES string of the molecule is C[C@@]1(c2cc(-c3cc(-c4ccc(OCC(F)(F)F)cn4)no3)ccc2F)C[C@@H](C(F)(F)F)N=C(NC(=O)O)O1. The molecule has 0 fully saturated rings. The first kappa shape index (κ1) is 27.7. The number of rotatable bonds is 5. The average molecular weight is 562 g/mol. The van der Waals surface area contributed by atoms with Crippen molar-refractivity contribution in [1.82, 2.24) is 15.5 Å². The van der Waals surface area contributed by atoms with Gasteiger partial charge in [0.2, 0.25) is 0 Å². The highest BCUT2D eigenvalue weighted by Crippen LogP contribution is 2.42. The van der Waals surface area contributed by atoms with Crippen molar-refractivity contribution >= 4 is 12.1 Å². The summed E-state index contributed by atoms with van der Waals surface area (Å²) in [5, 5.41) is 14.4. The van der Waals surface area contributed by atoms with Crippen LogP contribution in [0.4, 0.5) is 35.5 Å². The second-order valence-electron chi connectivity index (χ2n) is 8.51. The van der Waals surface area contributed by atoms with Crippen molar-refractivity contribution < 1.29 is 54.6 Å². The van der Waals surface area contributed by atoms with E-state index >= 15 is 0 Å². The van der Waals surface area contributed by atoms with Crippen LogP contribution in [0.15, 0.2) is 52.1 Å². The number of ether oxygens (including phenoxy) is 2. The van der Waals surface area contributed by atoms with Gasteiger partial charge in [-0.1, -0.05) is 5.16 Å². The van der Waals surface area contributed by atoms with E-state index in [-0.39, 0.29) is 34.0 Å². The maximum atomic E-state index is 14.9. The minimum Gasteiger partial charge on any atom is -0.483 e. The molecule has 0 saturated carbocycles. The smallest absolute Gasteiger partial charge is 0.422 e. The van der Waals surface area contributed by atoms with Gasteiger partial charge in [-0.2, -0.15) is 26.3 Å². The van der Waals surface area contributed by atoms with Gasteiger partial charge < -0.3 is 19.1 Å². The molecular weight excluding hydrogens is 545 g/mol. The summed E-state index contributed by atoms with van der Waals surface area (Å²) in [7, 11) is 0. The topological polar surface area (TPSA) is 119 Å². The van der Waals surface area contributed by atoms with E-state index in [0.29, 0.717) is 0 Å². The van der Waals surface area contributed by atoms with Crippen molar-refractivity contribution in [3.8, 4) is 28.5 Å². The Balaban J connectivity index is 1.61. The predicted molar refractivity (Wildman–Crippen MR) is 118 cm³/mol. The Kier molecular flexibility index (Phi) is 7.14. The number of amides is 1. The Morgan fingerprint density at radius 2 is 1.90 bits per heavy atom. The Morgan fingerprint density at radius 1 is 1.15 bits per heavy atom. The molecule has 3 aromatic rings. The number of carboxylic acid groups (broad SMARTS) is 1. The molecule has 2 aromatic heterocycles. The molecule has 1 aromatic carbocycles. The van der Waals surface area contributed by atoms with Crippen LogP contribution in [-0.2, 0) is 10.3 Å². The first-order valence-electron chi connectivity index (χ1n) is 10.9. The lowest BCUT2D eigenvalue weighted by molar-refractivity contribution is -0.164. The molecule has 0 saturated heterocycles. The first-order chi connectivity index (χ1) is 18.1. The number of alkyl halides is 6. The molecule has 9 nitrogen and oxygen atoms in total. The Hall–Kier alpha value is -4.37. The lowest BCUT2D eigenvalue weighted by Crippen LogP contribution is -2.48. The van der Waals surface area contributed by atoms with Gasteiger partial charge in [-0.15, -0.1) is 0 Å². The lowest BCUT2D eigenvalue weighted by Gasteiger charge is -2.38. The molecular formula is C23H17F7N4O5. The van der Waals surface area contributed by atoms with E-state index in [4.69, 9.17) is 14.4 Å². The van der Waals surface area contributed by atoms with E-state index in [1.54, 1.807) is 5.32 Å². The molecule has 208 valence electrons. The predicted octanol–water partition coefficient (Wildman–Crippen LogP) is 5.67. The van der Waals surface area contributed by atoms with E-state index in [9.17, 15) is 35.5 Å². The molecule has 1 aliphatic rings. The van der Waals surface area contributed by atoms with Crippen LogP contribution in [0.25, 0.3) is 22.7 Å². The summed E-state index contributed by atoms with van der Waals surface area (Å²) in [6.45, 7) is -0.342. The third-order valence-corrected chi connectivity index (χ3v) is 5.50. The van der Waals surface area contributed by atoms with Gasteiger partial charge in [-0.05, 0) is 37.3 Å². The number of hydrogen-bond donors (Lipinski definition) is 2. The highest BCUT2D eigenvalue weighted by Gasteiger charge is 2.50. The van der Waals surface area contributed by atoms with E-state index in [2.05, 4.69) is 19.9 Å². The largest absolute Gasteiger partial charge is 0.483 e. The fourth-order valence-electron chi connectivity index (χ4n) is 3.74. The summed E-state index contributed by atoms with van der Waals surface area (Å²) >= 11 is 0. The van der Waals surface area contributed by atoms with Crippen molar-refractivity contribution in [2.24, 2.45) is 4.99 Å². The van der Waals surface area contributed by atoms with Crippen LogP contribution in [-0.4, -0.2) is 52.4 Å². The molecule has 1 aliphatic heterocycles. The van der Waals surface area contributed by atoms with Crippen LogP contribution in [0.5, 0.6) is 5.75 Å². The second-order valence-corrected chi connectivity index (χ2v) is 8.51. The fraction of sp³-hybridized carbons (Fsp3) is 0.304. The standard InChI is InChI=1S/C23H17F7N4O5/c1-21(8-18(23(28,29)30)32-19(38-21)33-20(35)36)13-6-11(2-4-14(13)24)17-7-16(34-39-17)15-5-3-12(9-31-15)37-10-22(25,26)27/h2-7,9,18H,8,10H2,1H3,(H,32,33)(H,35,36)/t18-,21-/m0/s1. The molecule has 0 unspecified atom stereocenters. The van der Waals surface area contributed by atoms with Gasteiger partial charge in [0.05, 0.1) is 11.9 Å². The van der Waals surface area contributed by atoms with Gasteiger partial charge in [-0.25, -0.2) is 19.5 Å². The van der Waals surface area contributed by atoms with Gasteiger partial charge in [0, 0.05) is 23.6 Å². The number of hydrogen-bond acceptors (Lipinski definition) is 7. The molecule has 4 rings (SSSR count). The number of halogens is 7. The highest BCUT2D eigenvalue weighted by atomic mass is 19.4. The number of benzene rings is 1. The monoisotopic (exact) mass is 562 g/mol. The normalized spacial score (nSPS) is 19.7. The number of nitrogens with one attached hydrogen (secondary N) is 1. The van der Waals surface area contributed by atoms with Crippen LogP contribution >= 0.6 is 0 Å². The van der Waals surface area contributed by atoms with Crippen molar-refractivity contribution in [2.45, 2.75) is 37.3 Å². The summed E-state index contributed by atoms with van der Waals surface area (Å²) in [5.41, 5.74) is -1.80. The molecule has 2 atom stereocenters. The third kappa shape index (κ3) is 6.56. The zero-order valence-corrected chi connectivity index (χ0v) is 19.6. The zero-order valence-electron chi connectivity index (χ0n) is 19.6. The Morgan fingerprint density at radius 3 is 2.51 bits per heavy atom. The number of amidine groups is 1. The van der Waals surface area contributed by atoms with Crippen molar-refractivity contribution in [2.75, 3.05) is 6.61 Å². The molecule has 1 amide bonds. The fourth-order valence-corrected chi connectivity index (χ4v) is 3.74. The lowest BCUT2D eigenvalue weighted by atomic mass is 9.86. The quantitative estimate of drug-likeness (QED) is 0.385. The van der Waals surface area contributed by atoms with Crippen LogP contribution in [0.1, 0.15) is 18.9 Å². The molecule has 3 heterocycles. The molecule has 0 spiro atoms. The molecule has 0 aliphatic carbocycles. The number of pyridine rings is 1. The van der Waals surface area contributed by atoms with E-state index in [1.165, 1.54) is 24.3 Å². The minimum atomic E-state index is -4.87. The van der Waals surface area contributed by atoms with Gasteiger partial charge in [-0.3, -0.25) is 4.98 Å². The summed E-state index contributed by atoms with van der Waals surface area (Å²) in [6, 6.07) is 4.00. The van der Waals surface area contributed by atoms with E-state index in [1.807, 2.05) is 0 Å². The van der Waals surface area contributed by atoms with Crippen molar-refractivity contribution in [3.63, 3.8) is 0 Å². The number of aromatic nitrogens is 2. The summed E-state index contributed by atoms with van der Waals surface area (Å²) in [5.74, 6) is -1.02. The number of nitrogens with zero attached hydrogens (tertiary/aromatic N) is 3. The van der Waals surface area contributed by atoms with Gasteiger partial charge in [0.15, 0.2) is 18.4 Å². The van der Waals surface area contributed by atoms with E-state index in [0.717, 1.165) is 25.3 Å². The average Bonchev–Trinajstić information content (AvgIpc) is 3.32. The zero-order chi connectivity index (χ0) is 28.6. The molecule has 2 N–H and O–H groups in total. The van der Waals surface area contributed by atoms with Crippen LogP contribution in [0, 0.1) is 5.82 Å². The summed E-state index contributed by atoms with van der Waals surface area (Å²) in [4.78, 5) is 18.2. The Labute approximate surface area is 214 Å². The Bertz CT molecular complexity index is 1390. The molecule has 39 heavy (non-hydrogen) atoms. The molecule has 0 bridgehead atoms. The summed E-state index contributed by atoms with van der Waals surface area (Å²) in [6.07, 6.45) is -10.9. The highest BCUT2D eigenvalue weighted by molar-refractivity contribution is 5.90. The first-order valence-corrected chi connectivity index (χ1v) is 10.9. The molecule has 0 radical (unpaired) electrons. The molecule has 16 heteroatoms. The van der Waals surface area contributed by atoms with Gasteiger partial charge >= 0.3 is 18.4 Å². The van der Waals surface area contributed by atoms with E-state index < -0.39 is 55.0 Å². The van der Waals surface area contributed by atoms with Crippen LogP contribution in [0.3, 0.4) is 0 Å². The minimum absolute atomic E-state index is 0.0507. The van der Waals surface area contributed by atoms with Crippen LogP contribution < -0.4 is 10.1 Å². The maximum absolute atomic E-state index is 14.9.